The number of benzene rings is 1. The Morgan fingerprint density at radius 2 is 2.10 bits per heavy atom. The molecule has 0 aliphatic rings. The number of carbonyl (C=O) groups is 1. The average Bonchev–Trinajstić information content (AvgIpc) is 2.80. The lowest BCUT2D eigenvalue weighted by Gasteiger charge is -2.04. The third-order valence-corrected chi connectivity index (χ3v) is 5.17. The van der Waals surface area contributed by atoms with Gasteiger partial charge in [0.05, 0.1) is 0 Å². The van der Waals surface area contributed by atoms with Crippen LogP contribution >= 0.6 is 23.1 Å². The van der Waals surface area contributed by atoms with Crippen molar-refractivity contribution in [1.29, 1.82) is 0 Å². The van der Waals surface area contributed by atoms with Crippen LogP contribution in [0.1, 0.15) is 15.2 Å². The molecule has 0 atom stereocenters. The lowest BCUT2D eigenvalue weighted by molar-refractivity contribution is 0.0701. The van der Waals surface area contributed by atoms with Crippen molar-refractivity contribution in [3.05, 3.63) is 46.9 Å². The average molecular weight is 320 g/mol. The number of rotatable bonds is 3. The fraction of sp³-hybridized carbons (Fsp3) is 0.0714. The van der Waals surface area contributed by atoms with Crippen LogP contribution in [0.5, 0.6) is 0 Å². The fourth-order valence-electron chi connectivity index (χ4n) is 1.95. The number of hydrogen-bond acceptors (Lipinski definition) is 5. The first-order valence-electron chi connectivity index (χ1n) is 5.97. The molecular weight excluding hydrogens is 311 g/mol. The summed E-state index contributed by atoms with van der Waals surface area (Å²) in [6, 6.07) is 6.40. The summed E-state index contributed by atoms with van der Waals surface area (Å²) in [6.45, 7) is 1.72. The smallest absolute Gasteiger partial charge is 0.346 e. The van der Waals surface area contributed by atoms with Crippen LogP contribution in [0.25, 0.3) is 10.2 Å². The number of nitrogens with zero attached hydrogens (tertiary/aromatic N) is 2. The molecule has 0 amide bonds. The van der Waals surface area contributed by atoms with Gasteiger partial charge in [0.1, 0.15) is 26.9 Å². The van der Waals surface area contributed by atoms with Crippen LogP contribution in [0.3, 0.4) is 0 Å². The minimum atomic E-state index is -0.989. The molecular formula is C14H9FN2O2S2. The Bertz CT molecular complexity index is 848. The van der Waals surface area contributed by atoms with E-state index < -0.39 is 5.97 Å². The zero-order valence-corrected chi connectivity index (χ0v) is 12.5. The molecule has 0 saturated carbocycles. The zero-order valence-electron chi connectivity index (χ0n) is 10.8. The van der Waals surface area contributed by atoms with E-state index in [9.17, 15) is 14.3 Å². The molecule has 3 rings (SSSR count). The molecule has 0 spiro atoms. The monoisotopic (exact) mass is 320 g/mol. The first-order chi connectivity index (χ1) is 10.1. The first kappa shape index (κ1) is 14.0. The van der Waals surface area contributed by atoms with Gasteiger partial charge in [-0.25, -0.2) is 19.2 Å². The topological polar surface area (TPSA) is 63.1 Å². The largest absolute Gasteiger partial charge is 0.477 e. The summed E-state index contributed by atoms with van der Waals surface area (Å²) in [5.41, 5.74) is 0.613. The SMILES string of the molecule is Cc1c(C(=O)O)sc2ncnc(Sc3ccccc3F)c12. The van der Waals surface area contributed by atoms with Gasteiger partial charge in [-0.05, 0) is 24.6 Å². The van der Waals surface area contributed by atoms with Gasteiger partial charge in [-0.15, -0.1) is 11.3 Å². The van der Waals surface area contributed by atoms with Crippen LogP contribution in [0, 0.1) is 12.7 Å². The third kappa shape index (κ3) is 2.50. The van der Waals surface area contributed by atoms with Gasteiger partial charge in [-0.1, -0.05) is 23.9 Å². The van der Waals surface area contributed by atoms with Gasteiger partial charge < -0.3 is 5.11 Å². The van der Waals surface area contributed by atoms with Crippen molar-refractivity contribution < 1.29 is 14.3 Å². The minimum Gasteiger partial charge on any atom is -0.477 e. The molecule has 1 aromatic carbocycles. The molecule has 3 aromatic rings. The van der Waals surface area contributed by atoms with Gasteiger partial charge in [0.15, 0.2) is 0 Å². The summed E-state index contributed by atoms with van der Waals surface area (Å²) < 4.78 is 13.8. The van der Waals surface area contributed by atoms with Gasteiger partial charge in [-0.2, -0.15) is 0 Å². The molecule has 0 fully saturated rings. The maximum atomic E-state index is 13.8. The second-order valence-electron chi connectivity index (χ2n) is 4.25. The summed E-state index contributed by atoms with van der Waals surface area (Å²) in [4.78, 5) is 20.8. The Morgan fingerprint density at radius 3 is 2.81 bits per heavy atom. The molecule has 0 saturated heterocycles. The number of carboxylic acids is 1. The Morgan fingerprint density at radius 1 is 1.33 bits per heavy atom. The van der Waals surface area contributed by atoms with E-state index in [-0.39, 0.29) is 10.7 Å². The highest BCUT2D eigenvalue weighted by Crippen LogP contribution is 2.38. The van der Waals surface area contributed by atoms with Gasteiger partial charge in [0.2, 0.25) is 0 Å². The molecule has 7 heteroatoms. The molecule has 4 nitrogen and oxygen atoms in total. The van der Waals surface area contributed by atoms with Crippen molar-refractivity contribution in [2.45, 2.75) is 16.8 Å². The van der Waals surface area contributed by atoms with E-state index in [1.807, 2.05) is 0 Å². The van der Waals surface area contributed by atoms with Gasteiger partial charge in [0, 0.05) is 10.3 Å². The Kier molecular flexibility index (Phi) is 3.60. The molecule has 0 aliphatic carbocycles. The molecule has 1 N–H and O–H groups in total. The van der Waals surface area contributed by atoms with Crippen molar-refractivity contribution in [2.24, 2.45) is 0 Å². The summed E-state index contributed by atoms with van der Waals surface area (Å²) >= 11 is 2.27. The summed E-state index contributed by atoms with van der Waals surface area (Å²) in [5.74, 6) is -1.32. The van der Waals surface area contributed by atoms with Crippen LogP contribution in [-0.2, 0) is 0 Å². The highest BCUT2D eigenvalue weighted by atomic mass is 32.2. The third-order valence-electron chi connectivity index (χ3n) is 2.93. The van der Waals surface area contributed by atoms with Gasteiger partial charge in [-0.3, -0.25) is 0 Å². The van der Waals surface area contributed by atoms with Crippen LogP contribution in [0.2, 0.25) is 0 Å². The van der Waals surface area contributed by atoms with E-state index >= 15 is 0 Å². The first-order valence-corrected chi connectivity index (χ1v) is 7.61. The number of hydrogen-bond donors (Lipinski definition) is 1. The molecule has 0 radical (unpaired) electrons. The Labute approximate surface area is 127 Å². The number of aryl methyl sites for hydroxylation is 1. The van der Waals surface area contributed by atoms with Crippen molar-refractivity contribution in [1.82, 2.24) is 9.97 Å². The van der Waals surface area contributed by atoms with Gasteiger partial charge in [0.25, 0.3) is 0 Å². The van der Waals surface area contributed by atoms with Crippen LogP contribution < -0.4 is 0 Å². The van der Waals surface area contributed by atoms with Crippen molar-refractivity contribution in [3.63, 3.8) is 0 Å². The van der Waals surface area contributed by atoms with Crippen LogP contribution in [0.15, 0.2) is 40.5 Å². The van der Waals surface area contributed by atoms with Crippen LogP contribution in [0.4, 0.5) is 4.39 Å². The maximum Gasteiger partial charge on any atom is 0.346 e. The van der Waals surface area contributed by atoms with E-state index in [4.69, 9.17) is 0 Å². The quantitative estimate of drug-likeness (QED) is 0.739. The molecule has 106 valence electrons. The number of aromatic nitrogens is 2. The Hall–Kier alpha value is -1.99. The molecule has 2 heterocycles. The van der Waals surface area contributed by atoms with Crippen molar-refractivity contribution in [3.8, 4) is 0 Å². The Balaban J connectivity index is 2.15. The fourth-order valence-corrected chi connectivity index (χ4v) is 3.98. The number of carboxylic acid groups (broad SMARTS) is 1. The second-order valence-corrected chi connectivity index (χ2v) is 6.28. The highest BCUT2D eigenvalue weighted by Gasteiger charge is 2.19. The molecule has 2 aromatic heterocycles. The lowest BCUT2D eigenvalue weighted by Crippen LogP contribution is -1.94. The van der Waals surface area contributed by atoms with Crippen LogP contribution in [-0.4, -0.2) is 21.0 Å². The van der Waals surface area contributed by atoms with Gasteiger partial charge >= 0.3 is 5.97 Å². The normalized spacial score (nSPS) is 11.0. The summed E-state index contributed by atoms with van der Waals surface area (Å²) in [7, 11) is 0. The van der Waals surface area contributed by atoms with Crippen molar-refractivity contribution >= 4 is 39.3 Å². The summed E-state index contributed by atoms with van der Waals surface area (Å²) in [5, 5.41) is 10.4. The number of halogens is 1. The molecule has 0 bridgehead atoms. The standard InChI is InChI=1S/C14H9FN2O2S2/c1-7-10-12(20-9-5-3-2-4-8(9)15)16-6-17-13(10)21-11(7)14(18)19/h2-6H,1H3,(H,18,19). The second kappa shape index (κ2) is 5.42. The predicted octanol–water partition coefficient (Wildman–Crippen LogP) is 3.99. The molecule has 0 unspecified atom stereocenters. The lowest BCUT2D eigenvalue weighted by atomic mass is 10.2. The van der Waals surface area contributed by atoms with E-state index in [1.165, 1.54) is 24.2 Å². The minimum absolute atomic E-state index is 0.237. The zero-order chi connectivity index (χ0) is 15.0. The van der Waals surface area contributed by atoms with E-state index in [1.54, 1.807) is 25.1 Å². The molecule has 0 aliphatic heterocycles. The summed E-state index contributed by atoms with van der Waals surface area (Å²) in [6.07, 6.45) is 1.37. The van der Waals surface area contributed by atoms with E-state index in [0.29, 0.717) is 25.7 Å². The molecule has 21 heavy (non-hydrogen) atoms. The highest BCUT2D eigenvalue weighted by molar-refractivity contribution is 7.99. The predicted molar refractivity (Wildman–Crippen MR) is 79.6 cm³/mol. The van der Waals surface area contributed by atoms with E-state index in [0.717, 1.165) is 11.3 Å². The number of thiophene rings is 1. The van der Waals surface area contributed by atoms with E-state index in [2.05, 4.69) is 9.97 Å². The number of fused-ring (bicyclic) bond motifs is 1. The number of aromatic carboxylic acids is 1. The maximum absolute atomic E-state index is 13.8. The van der Waals surface area contributed by atoms with Crippen molar-refractivity contribution in [2.75, 3.05) is 0 Å².